The average Bonchev–Trinajstić information content (AvgIpc) is 3.03. The third-order valence-electron chi connectivity index (χ3n) is 3.46. The van der Waals surface area contributed by atoms with E-state index in [0.29, 0.717) is 6.42 Å². The zero-order chi connectivity index (χ0) is 16.0. The van der Waals surface area contributed by atoms with Crippen LogP contribution in [0.3, 0.4) is 0 Å². The lowest BCUT2D eigenvalue weighted by Gasteiger charge is -2.07. The summed E-state index contributed by atoms with van der Waals surface area (Å²) in [6.07, 6.45) is 11.9. The van der Waals surface area contributed by atoms with Gasteiger partial charge in [-0.2, -0.15) is 0 Å². The van der Waals surface area contributed by atoms with E-state index in [4.69, 9.17) is 0 Å². The minimum atomic E-state index is 0.180. The van der Waals surface area contributed by atoms with Gasteiger partial charge in [0, 0.05) is 36.7 Å². The molecule has 3 nitrogen and oxygen atoms in total. The second-order valence-electron chi connectivity index (χ2n) is 5.45. The predicted molar refractivity (Wildman–Crippen MR) is 102 cm³/mol. The fraction of sp³-hybridized carbons (Fsp3) is 0.647. The molecular formula is C17H28N2OS2. The molecule has 1 saturated heterocycles. The second-order valence-corrected chi connectivity index (χ2v) is 8.24. The molecule has 1 rings (SSSR count). The first kappa shape index (κ1) is 19.4. The van der Waals surface area contributed by atoms with Crippen LogP contribution in [-0.4, -0.2) is 36.2 Å². The summed E-state index contributed by atoms with van der Waals surface area (Å²) in [6.45, 7) is 7.14. The molecule has 1 aliphatic heterocycles. The van der Waals surface area contributed by atoms with Crippen molar-refractivity contribution in [1.82, 2.24) is 5.32 Å². The van der Waals surface area contributed by atoms with Crippen LogP contribution in [0.15, 0.2) is 29.3 Å². The lowest BCUT2D eigenvalue weighted by Crippen LogP contribution is -2.24. The van der Waals surface area contributed by atoms with Crippen LogP contribution in [0.1, 0.15) is 45.4 Å². The number of allylic oxidation sites excluding steroid dienone is 3. The lowest BCUT2D eigenvalue weighted by molar-refractivity contribution is -0.121. The molecule has 0 aromatic heterocycles. The van der Waals surface area contributed by atoms with Crippen molar-refractivity contribution in [1.29, 1.82) is 0 Å². The average molecular weight is 341 g/mol. The number of unbranched alkanes of at least 4 members (excludes halogenated alkanes) is 1. The van der Waals surface area contributed by atoms with Gasteiger partial charge in [0.2, 0.25) is 5.91 Å². The summed E-state index contributed by atoms with van der Waals surface area (Å²) >= 11 is 0. The summed E-state index contributed by atoms with van der Waals surface area (Å²) < 4.78 is 0. The van der Waals surface area contributed by atoms with Crippen LogP contribution in [0.4, 0.5) is 0 Å². The molecule has 1 aliphatic rings. The number of hydrogen-bond donors (Lipinski definition) is 1. The van der Waals surface area contributed by atoms with Crippen LogP contribution in [0.2, 0.25) is 0 Å². The van der Waals surface area contributed by atoms with E-state index in [0.717, 1.165) is 36.8 Å². The summed E-state index contributed by atoms with van der Waals surface area (Å²) in [6, 6.07) is 0. The van der Waals surface area contributed by atoms with Gasteiger partial charge in [-0.25, -0.2) is 0 Å². The predicted octanol–water partition coefficient (Wildman–Crippen LogP) is 4.41. The number of rotatable bonds is 11. The molecule has 5 heteroatoms. The van der Waals surface area contributed by atoms with Gasteiger partial charge in [-0.05, 0) is 38.7 Å². The molecule has 0 spiro atoms. The van der Waals surface area contributed by atoms with Gasteiger partial charge in [0.15, 0.2) is 0 Å². The monoisotopic (exact) mass is 340 g/mol. The molecule has 0 aromatic carbocycles. The van der Waals surface area contributed by atoms with Crippen molar-refractivity contribution in [2.24, 2.45) is 4.99 Å². The smallest absolute Gasteiger partial charge is 0.219 e. The summed E-state index contributed by atoms with van der Waals surface area (Å²) in [4.78, 5) is 15.9. The van der Waals surface area contributed by atoms with Crippen molar-refractivity contribution in [2.75, 3.05) is 18.8 Å². The first-order valence-electron chi connectivity index (χ1n) is 8.06. The van der Waals surface area contributed by atoms with Crippen molar-refractivity contribution >= 4 is 33.7 Å². The molecule has 1 amide bonds. The molecule has 0 bridgehead atoms. The Labute approximate surface area is 142 Å². The van der Waals surface area contributed by atoms with Crippen molar-refractivity contribution in [3.05, 3.63) is 24.3 Å². The fourth-order valence-corrected chi connectivity index (χ4v) is 5.05. The van der Waals surface area contributed by atoms with E-state index in [9.17, 15) is 4.79 Å². The standard InChI is InChI=1S/C17H28N2OS2/c1-3-15(2)9-13-18-11-6-12-19-17(20)8-5-4-7-16-10-14-21-22-16/h3,9,13,16H,1,4-8,10-12,14H2,2H3,(H,19,20). The third-order valence-corrected chi connectivity index (χ3v) is 6.46. The molecule has 1 unspecified atom stereocenters. The van der Waals surface area contributed by atoms with Gasteiger partial charge in [-0.3, -0.25) is 9.79 Å². The Bertz CT molecular complexity index is 388. The number of aliphatic imine (C=N–C) groups is 1. The van der Waals surface area contributed by atoms with Crippen molar-refractivity contribution < 1.29 is 4.79 Å². The van der Waals surface area contributed by atoms with Crippen LogP contribution in [-0.2, 0) is 4.79 Å². The largest absolute Gasteiger partial charge is 0.356 e. The van der Waals surface area contributed by atoms with E-state index < -0.39 is 0 Å². The number of carbonyl (C=O) groups is 1. The number of nitrogens with one attached hydrogen (secondary N) is 1. The highest BCUT2D eigenvalue weighted by Gasteiger charge is 2.15. The third kappa shape index (κ3) is 10.1. The maximum absolute atomic E-state index is 11.7. The molecule has 0 aromatic rings. The second kappa shape index (κ2) is 12.8. The van der Waals surface area contributed by atoms with Crippen molar-refractivity contribution in [3.63, 3.8) is 0 Å². The molecular weight excluding hydrogens is 312 g/mol. The quantitative estimate of drug-likeness (QED) is 0.262. The zero-order valence-corrected chi connectivity index (χ0v) is 15.2. The zero-order valence-electron chi connectivity index (χ0n) is 13.6. The van der Waals surface area contributed by atoms with Gasteiger partial charge < -0.3 is 5.32 Å². The Morgan fingerprint density at radius 3 is 3.00 bits per heavy atom. The van der Waals surface area contributed by atoms with Gasteiger partial charge >= 0.3 is 0 Å². The summed E-state index contributed by atoms with van der Waals surface area (Å²) in [5, 5.41) is 3.79. The van der Waals surface area contributed by atoms with Crippen LogP contribution in [0.5, 0.6) is 0 Å². The Kier molecular flexibility index (Phi) is 11.3. The Morgan fingerprint density at radius 1 is 1.41 bits per heavy atom. The molecule has 1 atom stereocenters. The fourth-order valence-electron chi connectivity index (χ4n) is 2.02. The first-order valence-corrected chi connectivity index (χ1v) is 10.4. The summed E-state index contributed by atoms with van der Waals surface area (Å²) in [7, 11) is 4.01. The Morgan fingerprint density at radius 2 is 2.27 bits per heavy atom. The Hall–Kier alpha value is -0.680. The highest BCUT2D eigenvalue weighted by atomic mass is 33.1. The van der Waals surface area contributed by atoms with Gasteiger partial charge in [0.25, 0.3) is 0 Å². The van der Waals surface area contributed by atoms with E-state index in [-0.39, 0.29) is 5.91 Å². The van der Waals surface area contributed by atoms with Crippen LogP contribution in [0, 0.1) is 0 Å². The maximum Gasteiger partial charge on any atom is 0.219 e. The number of hydrogen-bond acceptors (Lipinski definition) is 4. The van der Waals surface area contributed by atoms with Crippen molar-refractivity contribution in [2.45, 2.75) is 50.7 Å². The van der Waals surface area contributed by atoms with E-state index >= 15 is 0 Å². The summed E-state index contributed by atoms with van der Waals surface area (Å²) in [5.41, 5.74) is 1.10. The van der Waals surface area contributed by atoms with Crippen molar-refractivity contribution in [3.8, 4) is 0 Å². The van der Waals surface area contributed by atoms with Crippen LogP contribution >= 0.6 is 21.6 Å². The van der Waals surface area contributed by atoms with Gasteiger partial charge in [0.1, 0.15) is 0 Å². The molecule has 0 aliphatic carbocycles. The number of amides is 1. The van der Waals surface area contributed by atoms with E-state index in [1.165, 1.54) is 25.0 Å². The Balaban J connectivity index is 1.91. The maximum atomic E-state index is 11.7. The molecule has 1 N–H and O–H groups in total. The van der Waals surface area contributed by atoms with E-state index in [1.807, 2.05) is 34.6 Å². The van der Waals surface area contributed by atoms with E-state index in [2.05, 4.69) is 16.9 Å². The van der Waals surface area contributed by atoms with Gasteiger partial charge in [0.05, 0.1) is 0 Å². The van der Waals surface area contributed by atoms with Crippen LogP contribution in [0.25, 0.3) is 0 Å². The van der Waals surface area contributed by atoms with Gasteiger partial charge in [-0.15, -0.1) is 0 Å². The molecule has 124 valence electrons. The highest BCUT2D eigenvalue weighted by molar-refractivity contribution is 8.77. The summed E-state index contributed by atoms with van der Waals surface area (Å²) in [5.74, 6) is 1.47. The van der Waals surface area contributed by atoms with E-state index in [1.54, 1.807) is 12.3 Å². The van der Waals surface area contributed by atoms with Crippen LogP contribution < -0.4 is 5.32 Å². The molecule has 0 radical (unpaired) electrons. The topological polar surface area (TPSA) is 41.5 Å². The molecule has 0 saturated carbocycles. The minimum absolute atomic E-state index is 0.180. The first-order chi connectivity index (χ1) is 10.7. The minimum Gasteiger partial charge on any atom is -0.356 e. The number of carbonyl (C=O) groups excluding carboxylic acids is 1. The SMILES string of the molecule is C=CC(C)=CC=NCCCNC(=O)CCCCC1CCSS1. The highest BCUT2D eigenvalue weighted by Crippen LogP contribution is 2.39. The molecule has 1 fully saturated rings. The molecule has 22 heavy (non-hydrogen) atoms. The number of nitrogens with zero attached hydrogens (tertiary/aromatic N) is 1. The molecule has 1 heterocycles. The lowest BCUT2D eigenvalue weighted by atomic mass is 10.1. The van der Waals surface area contributed by atoms with Gasteiger partial charge in [-0.1, -0.05) is 46.2 Å². The normalized spacial score (nSPS) is 18.8.